The molecule has 1 unspecified atom stereocenters. The summed E-state index contributed by atoms with van der Waals surface area (Å²) >= 11 is 1.59. The van der Waals surface area contributed by atoms with E-state index < -0.39 is 0 Å². The Morgan fingerprint density at radius 1 is 1.25 bits per heavy atom. The number of ether oxygens (including phenoxy) is 1. The van der Waals surface area contributed by atoms with Crippen molar-refractivity contribution in [2.75, 3.05) is 23.1 Å². The summed E-state index contributed by atoms with van der Waals surface area (Å²) in [5.74, 6) is 1.13. The van der Waals surface area contributed by atoms with E-state index in [4.69, 9.17) is 4.74 Å². The molecular formula is C18H18N2O3S. The number of hydrogen-bond donors (Lipinski definition) is 1. The van der Waals surface area contributed by atoms with Gasteiger partial charge < -0.3 is 10.1 Å². The summed E-state index contributed by atoms with van der Waals surface area (Å²) in [5, 5.41) is 2.66. The van der Waals surface area contributed by atoms with Crippen LogP contribution in [0.25, 0.3) is 0 Å². The molecule has 1 atom stereocenters. The van der Waals surface area contributed by atoms with Crippen molar-refractivity contribution in [2.45, 2.75) is 12.3 Å². The molecule has 0 spiro atoms. The number of benzene rings is 2. The smallest absolute Gasteiger partial charge is 0.238 e. The van der Waals surface area contributed by atoms with Crippen molar-refractivity contribution in [3.63, 3.8) is 0 Å². The van der Waals surface area contributed by atoms with Crippen LogP contribution >= 0.6 is 11.8 Å². The van der Waals surface area contributed by atoms with Crippen molar-refractivity contribution < 1.29 is 14.3 Å². The van der Waals surface area contributed by atoms with Gasteiger partial charge in [-0.05, 0) is 29.8 Å². The highest BCUT2D eigenvalue weighted by molar-refractivity contribution is 8.00. The zero-order chi connectivity index (χ0) is 17.1. The summed E-state index contributed by atoms with van der Waals surface area (Å²) in [6.45, 7) is 1.48. The fourth-order valence-electron chi connectivity index (χ4n) is 2.64. The first-order valence-corrected chi connectivity index (χ1v) is 8.58. The molecular weight excluding hydrogens is 324 g/mol. The molecule has 24 heavy (non-hydrogen) atoms. The van der Waals surface area contributed by atoms with Crippen LogP contribution in [0.5, 0.6) is 5.75 Å². The van der Waals surface area contributed by atoms with Crippen molar-refractivity contribution in [2.24, 2.45) is 0 Å². The average molecular weight is 342 g/mol. The lowest BCUT2D eigenvalue weighted by molar-refractivity contribution is -0.116. The van der Waals surface area contributed by atoms with Crippen LogP contribution < -0.4 is 15.0 Å². The summed E-state index contributed by atoms with van der Waals surface area (Å²) in [5.41, 5.74) is 2.58. The van der Waals surface area contributed by atoms with E-state index in [0.29, 0.717) is 5.75 Å². The van der Waals surface area contributed by atoms with Crippen LogP contribution in [0, 0.1) is 0 Å². The number of thioether (sulfide) groups is 1. The van der Waals surface area contributed by atoms with Crippen molar-refractivity contribution in [1.29, 1.82) is 0 Å². The van der Waals surface area contributed by atoms with Gasteiger partial charge >= 0.3 is 0 Å². The number of anilines is 2. The van der Waals surface area contributed by atoms with E-state index in [0.717, 1.165) is 22.7 Å². The molecule has 0 saturated carbocycles. The highest BCUT2D eigenvalue weighted by atomic mass is 32.2. The first-order chi connectivity index (χ1) is 11.6. The number of nitrogens with zero attached hydrogens (tertiary/aromatic N) is 1. The summed E-state index contributed by atoms with van der Waals surface area (Å²) in [6.07, 6.45) is 0. The third-order valence-electron chi connectivity index (χ3n) is 3.72. The SMILES string of the molecule is COc1cccc(N2C(=O)CSC2c2ccc(NC(C)=O)cc2)c1. The maximum Gasteiger partial charge on any atom is 0.238 e. The van der Waals surface area contributed by atoms with Gasteiger partial charge in [0, 0.05) is 24.4 Å². The second-order valence-electron chi connectivity index (χ2n) is 5.43. The van der Waals surface area contributed by atoms with Gasteiger partial charge in [0.25, 0.3) is 0 Å². The molecule has 0 bridgehead atoms. The number of amides is 2. The van der Waals surface area contributed by atoms with Crippen molar-refractivity contribution in [1.82, 2.24) is 0 Å². The highest BCUT2D eigenvalue weighted by Gasteiger charge is 2.34. The molecule has 1 aliphatic heterocycles. The normalized spacial score (nSPS) is 17.0. The van der Waals surface area contributed by atoms with Crippen LogP contribution in [0.3, 0.4) is 0 Å². The van der Waals surface area contributed by atoms with Crippen LogP contribution in [-0.2, 0) is 9.59 Å². The Balaban J connectivity index is 1.88. The minimum absolute atomic E-state index is 0.0733. The zero-order valence-electron chi connectivity index (χ0n) is 13.5. The summed E-state index contributed by atoms with van der Waals surface area (Å²) in [4.78, 5) is 25.3. The highest BCUT2D eigenvalue weighted by Crippen LogP contribution is 2.42. The minimum Gasteiger partial charge on any atom is -0.497 e. The van der Waals surface area contributed by atoms with Gasteiger partial charge in [0.05, 0.1) is 12.9 Å². The topological polar surface area (TPSA) is 58.6 Å². The lowest BCUT2D eigenvalue weighted by Crippen LogP contribution is -2.27. The third-order valence-corrected chi connectivity index (χ3v) is 4.93. The van der Waals surface area contributed by atoms with E-state index in [1.54, 1.807) is 23.8 Å². The average Bonchev–Trinajstić information content (AvgIpc) is 2.96. The molecule has 1 aliphatic rings. The summed E-state index contributed by atoms with van der Waals surface area (Å²) in [7, 11) is 1.61. The van der Waals surface area contributed by atoms with Gasteiger partial charge in [0.1, 0.15) is 11.1 Å². The molecule has 2 aromatic carbocycles. The van der Waals surface area contributed by atoms with Gasteiger partial charge in [0.15, 0.2) is 0 Å². The number of carbonyl (C=O) groups is 2. The van der Waals surface area contributed by atoms with Crippen molar-refractivity contribution >= 4 is 35.0 Å². The first kappa shape index (κ1) is 16.4. The molecule has 124 valence electrons. The first-order valence-electron chi connectivity index (χ1n) is 7.54. The summed E-state index contributed by atoms with van der Waals surface area (Å²) < 4.78 is 5.26. The van der Waals surface area contributed by atoms with Gasteiger partial charge in [-0.15, -0.1) is 11.8 Å². The lowest BCUT2D eigenvalue weighted by Gasteiger charge is -2.25. The molecule has 1 fully saturated rings. The van der Waals surface area contributed by atoms with E-state index in [-0.39, 0.29) is 17.2 Å². The van der Waals surface area contributed by atoms with Gasteiger partial charge in [-0.25, -0.2) is 0 Å². The quantitative estimate of drug-likeness (QED) is 0.925. The van der Waals surface area contributed by atoms with E-state index in [9.17, 15) is 9.59 Å². The molecule has 1 heterocycles. The van der Waals surface area contributed by atoms with Crippen LogP contribution in [0.4, 0.5) is 11.4 Å². The number of carbonyl (C=O) groups excluding carboxylic acids is 2. The predicted octanol–water partition coefficient (Wildman–Crippen LogP) is 3.43. The molecule has 6 heteroatoms. The van der Waals surface area contributed by atoms with Gasteiger partial charge in [-0.1, -0.05) is 18.2 Å². The maximum absolute atomic E-state index is 12.4. The molecule has 0 radical (unpaired) electrons. The van der Waals surface area contributed by atoms with Gasteiger partial charge in [0.2, 0.25) is 11.8 Å². The van der Waals surface area contributed by atoms with E-state index in [1.165, 1.54) is 6.92 Å². The Labute approximate surface area is 145 Å². The zero-order valence-corrected chi connectivity index (χ0v) is 14.3. The van der Waals surface area contributed by atoms with E-state index in [2.05, 4.69) is 5.32 Å². The molecule has 3 rings (SSSR count). The Morgan fingerprint density at radius 2 is 2.00 bits per heavy atom. The number of rotatable bonds is 4. The van der Waals surface area contributed by atoms with Gasteiger partial charge in [-0.3, -0.25) is 14.5 Å². The Kier molecular flexibility index (Phi) is 4.76. The molecule has 0 aromatic heterocycles. The Hall–Kier alpha value is -2.47. The molecule has 0 aliphatic carbocycles. The minimum atomic E-state index is -0.105. The Bertz CT molecular complexity index is 761. The lowest BCUT2D eigenvalue weighted by atomic mass is 10.1. The fourth-order valence-corrected chi connectivity index (χ4v) is 3.82. The van der Waals surface area contributed by atoms with E-state index in [1.807, 2.05) is 48.5 Å². The molecule has 1 saturated heterocycles. The second-order valence-corrected chi connectivity index (χ2v) is 6.50. The standard InChI is InChI=1S/C18H18N2O3S/c1-12(21)19-14-8-6-13(7-9-14)18-20(17(22)11-24-18)15-4-3-5-16(10-15)23-2/h3-10,18H,11H2,1-2H3,(H,19,21). The maximum atomic E-state index is 12.4. The third kappa shape index (κ3) is 3.38. The van der Waals surface area contributed by atoms with Crippen LogP contribution in [0.1, 0.15) is 17.9 Å². The van der Waals surface area contributed by atoms with Gasteiger partial charge in [-0.2, -0.15) is 0 Å². The second kappa shape index (κ2) is 6.97. The summed E-state index contributed by atoms with van der Waals surface area (Å²) in [6, 6.07) is 15.1. The van der Waals surface area contributed by atoms with Crippen LogP contribution in [0.15, 0.2) is 48.5 Å². The number of hydrogen-bond acceptors (Lipinski definition) is 4. The monoisotopic (exact) mass is 342 g/mol. The number of nitrogens with one attached hydrogen (secondary N) is 1. The number of methoxy groups -OCH3 is 1. The predicted molar refractivity (Wildman–Crippen MR) is 96.4 cm³/mol. The fraction of sp³-hybridized carbons (Fsp3) is 0.222. The van der Waals surface area contributed by atoms with Crippen molar-refractivity contribution in [3.8, 4) is 5.75 Å². The van der Waals surface area contributed by atoms with Crippen LogP contribution in [-0.4, -0.2) is 24.7 Å². The largest absolute Gasteiger partial charge is 0.497 e. The van der Waals surface area contributed by atoms with E-state index >= 15 is 0 Å². The molecule has 2 aromatic rings. The van der Waals surface area contributed by atoms with Crippen LogP contribution in [0.2, 0.25) is 0 Å². The van der Waals surface area contributed by atoms with Crippen molar-refractivity contribution in [3.05, 3.63) is 54.1 Å². The molecule has 2 amide bonds. The molecule has 1 N–H and O–H groups in total. The Morgan fingerprint density at radius 3 is 2.67 bits per heavy atom. The molecule has 5 nitrogen and oxygen atoms in total.